The van der Waals surface area contributed by atoms with Crippen molar-refractivity contribution in [3.05, 3.63) is 47.9 Å². The monoisotopic (exact) mass is 302 g/mol. The average Bonchev–Trinajstić information content (AvgIpc) is 2.87. The number of rotatable bonds is 6. The Morgan fingerprint density at radius 2 is 1.91 bits per heavy atom. The summed E-state index contributed by atoms with van der Waals surface area (Å²) in [5.41, 5.74) is 1.44. The molecule has 0 unspecified atom stereocenters. The van der Waals surface area contributed by atoms with Crippen LogP contribution < -0.4 is 10.2 Å². The Balaban J connectivity index is 2.38. The highest BCUT2D eigenvalue weighted by Gasteiger charge is 2.09. The van der Waals surface area contributed by atoms with Gasteiger partial charge in [0.25, 0.3) is 0 Å². The molecule has 1 heterocycles. The van der Waals surface area contributed by atoms with E-state index in [2.05, 4.69) is 5.10 Å². The standard InChI is InChI=1S/C15H13FN2O4/c16-12-4-1-10(2-5-12)15-11(3-6-13(19)20)9-18(17-15)8-7-14(21)22/h1-6,9H,7-8H2,(H,19,20)(H,21,22)/p-2/b6-3+. The molecule has 0 bridgehead atoms. The Kier molecular flexibility index (Phi) is 4.67. The number of aromatic nitrogens is 2. The van der Waals surface area contributed by atoms with E-state index in [1.807, 2.05) is 0 Å². The van der Waals surface area contributed by atoms with Crippen LogP contribution in [0, 0.1) is 5.82 Å². The third-order valence-electron chi connectivity index (χ3n) is 2.85. The van der Waals surface area contributed by atoms with Crippen molar-refractivity contribution in [3.8, 4) is 11.3 Å². The summed E-state index contributed by atoms with van der Waals surface area (Å²) in [6, 6.07) is 5.50. The van der Waals surface area contributed by atoms with Gasteiger partial charge in [-0.1, -0.05) is 0 Å². The van der Waals surface area contributed by atoms with E-state index in [1.165, 1.54) is 41.2 Å². The highest BCUT2D eigenvalue weighted by atomic mass is 19.1. The van der Waals surface area contributed by atoms with E-state index in [0.717, 1.165) is 6.08 Å². The second-order valence-electron chi connectivity index (χ2n) is 4.48. The molecular weight excluding hydrogens is 291 g/mol. The summed E-state index contributed by atoms with van der Waals surface area (Å²) in [6.07, 6.45) is 3.40. The van der Waals surface area contributed by atoms with Gasteiger partial charge in [0, 0.05) is 36.3 Å². The maximum atomic E-state index is 13.0. The van der Waals surface area contributed by atoms with Gasteiger partial charge in [-0.25, -0.2) is 4.39 Å². The van der Waals surface area contributed by atoms with Gasteiger partial charge in [0.05, 0.1) is 11.7 Å². The van der Waals surface area contributed by atoms with Crippen LogP contribution in [0.5, 0.6) is 0 Å². The van der Waals surface area contributed by atoms with Gasteiger partial charge in [-0.3, -0.25) is 4.68 Å². The molecule has 1 aromatic heterocycles. The largest absolute Gasteiger partial charge is 0.550 e. The molecule has 0 aliphatic carbocycles. The molecule has 0 N–H and O–H groups in total. The summed E-state index contributed by atoms with van der Waals surface area (Å²) in [5.74, 6) is -3.00. The van der Waals surface area contributed by atoms with Crippen molar-refractivity contribution in [2.75, 3.05) is 0 Å². The molecule has 0 saturated heterocycles. The minimum atomic E-state index is -1.37. The zero-order valence-corrected chi connectivity index (χ0v) is 11.4. The number of hydrogen-bond donors (Lipinski definition) is 0. The number of nitrogens with zero attached hydrogens (tertiary/aromatic N) is 2. The maximum absolute atomic E-state index is 13.0. The molecule has 0 saturated carbocycles. The molecule has 0 aliphatic rings. The highest BCUT2D eigenvalue weighted by Crippen LogP contribution is 2.23. The molecule has 0 radical (unpaired) electrons. The second-order valence-corrected chi connectivity index (χ2v) is 4.48. The lowest BCUT2D eigenvalue weighted by atomic mass is 10.1. The van der Waals surface area contributed by atoms with Crippen molar-refractivity contribution < 1.29 is 24.2 Å². The normalized spacial score (nSPS) is 11.0. The van der Waals surface area contributed by atoms with Crippen molar-refractivity contribution in [3.63, 3.8) is 0 Å². The fourth-order valence-corrected chi connectivity index (χ4v) is 1.87. The molecule has 114 valence electrons. The van der Waals surface area contributed by atoms with Crippen LogP contribution in [-0.2, 0) is 16.1 Å². The van der Waals surface area contributed by atoms with E-state index in [1.54, 1.807) is 0 Å². The van der Waals surface area contributed by atoms with Crippen LogP contribution >= 0.6 is 0 Å². The predicted octanol–water partition coefficient (Wildman–Crippen LogP) is -0.408. The third-order valence-corrected chi connectivity index (χ3v) is 2.85. The quantitative estimate of drug-likeness (QED) is 0.676. The van der Waals surface area contributed by atoms with Crippen molar-refractivity contribution in [2.45, 2.75) is 13.0 Å². The van der Waals surface area contributed by atoms with E-state index in [9.17, 15) is 24.2 Å². The SMILES string of the molecule is O=C([O-])/C=C/c1cn(CCC(=O)[O-])nc1-c1ccc(F)cc1. The molecule has 2 aromatic rings. The molecular formula is C15H11FN2O4-2. The Morgan fingerprint density at radius 3 is 2.50 bits per heavy atom. The number of carbonyl (C=O) groups excluding carboxylic acids is 2. The van der Waals surface area contributed by atoms with Crippen molar-refractivity contribution in [1.82, 2.24) is 9.78 Å². The van der Waals surface area contributed by atoms with Crippen LogP contribution in [0.15, 0.2) is 36.5 Å². The first kappa shape index (κ1) is 15.4. The van der Waals surface area contributed by atoms with Gasteiger partial charge >= 0.3 is 0 Å². The highest BCUT2D eigenvalue weighted by molar-refractivity contribution is 5.85. The van der Waals surface area contributed by atoms with Gasteiger partial charge in [-0.2, -0.15) is 5.10 Å². The van der Waals surface area contributed by atoms with E-state index < -0.39 is 17.8 Å². The van der Waals surface area contributed by atoms with Crippen LogP contribution in [0.2, 0.25) is 0 Å². The van der Waals surface area contributed by atoms with Gasteiger partial charge in [0.2, 0.25) is 0 Å². The van der Waals surface area contributed by atoms with Gasteiger partial charge < -0.3 is 19.8 Å². The number of hydrogen-bond acceptors (Lipinski definition) is 5. The molecule has 0 fully saturated rings. The lowest BCUT2D eigenvalue weighted by Crippen LogP contribution is -2.23. The molecule has 0 amide bonds. The van der Waals surface area contributed by atoms with Crippen LogP contribution in [0.4, 0.5) is 4.39 Å². The van der Waals surface area contributed by atoms with E-state index in [4.69, 9.17) is 0 Å². The van der Waals surface area contributed by atoms with Gasteiger partial charge in [0.1, 0.15) is 5.82 Å². The number of aryl methyl sites for hydroxylation is 1. The second kappa shape index (κ2) is 6.66. The summed E-state index contributed by atoms with van der Waals surface area (Å²) >= 11 is 0. The number of carbonyl (C=O) groups is 2. The summed E-state index contributed by atoms with van der Waals surface area (Å²) in [5, 5.41) is 25.2. The molecule has 7 heteroatoms. The van der Waals surface area contributed by atoms with Crippen molar-refractivity contribution in [1.29, 1.82) is 0 Å². The van der Waals surface area contributed by atoms with Crippen LogP contribution in [0.25, 0.3) is 17.3 Å². The summed E-state index contributed by atoms with van der Waals surface area (Å²) < 4.78 is 14.3. The first-order chi connectivity index (χ1) is 10.5. The first-order valence-electron chi connectivity index (χ1n) is 6.38. The minimum Gasteiger partial charge on any atom is -0.550 e. The van der Waals surface area contributed by atoms with Crippen molar-refractivity contribution >= 4 is 18.0 Å². The molecule has 6 nitrogen and oxygen atoms in total. The smallest absolute Gasteiger partial charge is 0.123 e. The first-order valence-corrected chi connectivity index (χ1v) is 6.38. The molecule has 22 heavy (non-hydrogen) atoms. The lowest BCUT2D eigenvalue weighted by molar-refractivity contribution is -0.306. The molecule has 1 aromatic carbocycles. The Labute approximate surface area is 125 Å². The number of aliphatic carboxylic acids is 2. The van der Waals surface area contributed by atoms with Crippen LogP contribution in [0.3, 0.4) is 0 Å². The van der Waals surface area contributed by atoms with Gasteiger partial charge in [-0.05, 0) is 36.4 Å². The maximum Gasteiger partial charge on any atom is 0.123 e. The van der Waals surface area contributed by atoms with Crippen LogP contribution in [0.1, 0.15) is 12.0 Å². The zero-order valence-electron chi connectivity index (χ0n) is 11.4. The van der Waals surface area contributed by atoms with Crippen LogP contribution in [-0.4, -0.2) is 21.7 Å². The third kappa shape index (κ3) is 4.02. The molecule has 0 spiro atoms. The van der Waals surface area contributed by atoms with Crippen molar-refractivity contribution in [2.24, 2.45) is 0 Å². The molecule has 0 aliphatic heterocycles. The number of halogens is 1. The Hall–Kier alpha value is -2.96. The summed E-state index contributed by atoms with van der Waals surface area (Å²) in [4.78, 5) is 21.0. The Morgan fingerprint density at radius 1 is 1.23 bits per heavy atom. The van der Waals surface area contributed by atoms with E-state index in [-0.39, 0.29) is 13.0 Å². The van der Waals surface area contributed by atoms with Gasteiger partial charge in [0.15, 0.2) is 0 Å². The Bertz CT molecular complexity index is 720. The van der Waals surface area contributed by atoms with E-state index >= 15 is 0 Å². The fourth-order valence-electron chi connectivity index (χ4n) is 1.87. The minimum absolute atomic E-state index is 0.0791. The number of benzene rings is 1. The zero-order chi connectivity index (χ0) is 16.1. The number of carboxylic acid groups (broad SMARTS) is 2. The summed E-state index contributed by atoms with van der Waals surface area (Å²) in [6.45, 7) is 0.0791. The lowest BCUT2D eigenvalue weighted by Gasteiger charge is -2.02. The molecule has 2 rings (SSSR count). The molecule has 0 atom stereocenters. The van der Waals surface area contributed by atoms with E-state index in [0.29, 0.717) is 16.8 Å². The predicted molar refractivity (Wildman–Crippen MR) is 71.3 cm³/mol. The summed E-state index contributed by atoms with van der Waals surface area (Å²) in [7, 11) is 0. The average molecular weight is 302 g/mol. The number of carboxylic acids is 2. The fraction of sp³-hybridized carbons (Fsp3) is 0.133. The topological polar surface area (TPSA) is 98.1 Å². The van der Waals surface area contributed by atoms with Gasteiger partial charge in [-0.15, -0.1) is 0 Å².